The second-order valence-electron chi connectivity index (χ2n) is 8.54. The van der Waals surface area contributed by atoms with Crippen molar-refractivity contribution in [2.45, 2.75) is 82.9 Å². The molecule has 2 heterocycles. The SMILES string of the molecule is Cc1cnc(CC(=O)NC2CC([C@H]3CC[C@@H](OC(=O)NC(C)CC(F)(F)F)C3)NN2)cn1. The van der Waals surface area contributed by atoms with Crippen molar-refractivity contribution in [2.75, 3.05) is 0 Å². The van der Waals surface area contributed by atoms with Crippen molar-refractivity contribution in [1.82, 2.24) is 31.5 Å². The van der Waals surface area contributed by atoms with Crippen LogP contribution in [-0.2, 0) is 16.0 Å². The summed E-state index contributed by atoms with van der Waals surface area (Å²) in [5.41, 5.74) is 7.63. The van der Waals surface area contributed by atoms with Gasteiger partial charge in [0.15, 0.2) is 0 Å². The minimum Gasteiger partial charge on any atom is -0.446 e. The summed E-state index contributed by atoms with van der Waals surface area (Å²) in [7, 11) is 0. The Balaban J connectivity index is 1.37. The average molecular weight is 458 g/mol. The smallest absolute Gasteiger partial charge is 0.407 e. The molecule has 178 valence electrons. The number of nitrogens with zero attached hydrogens (tertiary/aromatic N) is 2. The molecule has 2 aliphatic rings. The Hall–Kier alpha value is -2.47. The third-order valence-corrected chi connectivity index (χ3v) is 5.61. The zero-order chi connectivity index (χ0) is 23.3. The number of carbonyl (C=O) groups is 2. The summed E-state index contributed by atoms with van der Waals surface area (Å²) >= 11 is 0. The summed E-state index contributed by atoms with van der Waals surface area (Å²) < 4.78 is 42.5. The summed E-state index contributed by atoms with van der Waals surface area (Å²) in [6, 6.07) is -0.962. The highest BCUT2D eigenvalue weighted by molar-refractivity contribution is 5.78. The molecule has 0 bridgehead atoms. The number of hydrogen-bond acceptors (Lipinski definition) is 7. The van der Waals surface area contributed by atoms with Gasteiger partial charge in [0, 0.05) is 24.5 Å². The van der Waals surface area contributed by atoms with Gasteiger partial charge < -0.3 is 15.4 Å². The molecule has 5 atom stereocenters. The molecule has 4 N–H and O–H groups in total. The maximum absolute atomic E-state index is 12.4. The third-order valence-electron chi connectivity index (χ3n) is 5.61. The van der Waals surface area contributed by atoms with Crippen LogP contribution in [-0.4, -0.2) is 52.5 Å². The van der Waals surface area contributed by atoms with E-state index in [0.717, 1.165) is 12.1 Å². The lowest BCUT2D eigenvalue weighted by molar-refractivity contribution is -0.138. The summed E-state index contributed by atoms with van der Waals surface area (Å²) in [6.45, 7) is 3.12. The Morgan fingerprint density at radius 1 is 1.22 bits per heavy atom. The number of aromatic nitrogens is 2. The van der Waals surface area contributed by atoms with Crippen molar-refractivity contribution in [2.24, 2.45) is 5.92 Å². The Labute approximate surface area is 184 Å². The van der Waals surface area contributed by atoms with Crippen molar-refractivity contribution in [1.29, 1.82) is 0 Å². The first-order valence-corrected chi connectivity index (χ1v) is 10.7. The normalized spacial score (nSPS) is 26.5. The molecule has 0 aromatic carbocycles. The number of carbonyl (C=O) groups excluding carboxylic acids is 2. The van der Waals surface area contributed by atoms with E-state index in [2.05, 4.69) is 31.5 Å². The number of rotatable bonds is 7. The summed E-state index contributed by atoms with van der Waals surface area (Å²) in [4.78, 5) is 32.4. The van der Waals surface area contributed by atoms with Crippen LogP contribution in [0.4, 0.5) is 18.0 Å². The molecular formula is C20H29F3N6O3. The Bertz CT molecular complexity index is 792. The minimum absolute atomic E-state index is 0.0836. The molecule has 1 aliphatic heterocycles. The van der Waals surface area contributed by atoms with E-state index in [1.54, 1.807) is 12.4 Å². The minimum atomic E-state index is -4.34. The van der Waals surface area contributed by atoms with Gasteiger partial charge in [0.2, 0.25) is 5.91 Å². The first-order valence-electron chi connectivity index (χ1n) is 10.7. The number of amides is 2. The van der Waals surface area contributed by atoms with E-state index >= 15 is 0 Å². The summed E-state index contributed by atoms with van der Waals surface area (Å²) in [6.07, 6.45) is -0.778. The molecule has 0 spiro atoms. The number of aryl methyl sites for hydroxylation is 1. The molecule has 3 unspecified atom stereocenters. The average Bonchev–Trinajstić information content (AvgIpc) is 3.31. The van der Waals surface area contributed by atoms with Crippen LogP contribution in [0.25, 0.3) is 0 Å². The lowest BCUT2D eigenvalue weighted by Crippen LogP contribution is -2.45. The maximum Gasteiger partial charge on any atom is 0.407 e. The number of nitrogens with one attached hydrogen (secondary N) is 4. The number of alkyl carbamates (subject to hydrolysis) is 1. The Morgan fingerprint density at radius 2 is 2.00 bits per heavy atom. The van der Waals surface area contributed by atoms with Gasteiger partial charge in [0.1, 0.15) is 6.10 Å². The third kappa shape index (κ3) is 7.59. The van der Waals surface area contributed by atoms with Gasteiger partial charge in [0.25, 0.3) is 0 Å². The summed E-state index contributed by atoms with van der Waals surface area (Å²) in [5, 5.41) is 5.14. The van der Waals surface area contributed by atoms with Crippen LogP contribution in [0.15, 0.2) is 12.4 Å². The van der Waals surface area contributed by atoms with E-state index in [-0.39, 0.29) is 36.6 Å². The van der Waals surface area contributed by atoms with Crippen molar-refractivity contribution in [3.63, 3.8) is 0 Å². The second kappa shape index (κ2) is 10.4. The van der Waals surface area contributed by atoms with Crippen molar-refractivity contribution in [3.05, 3.63) is 23.8 Å². The zero-order valence-electron chi connectivity index (χ0n) is 18.0. The molecule has 32 heavy (non-hydrogen) atoms. The van der Waals surface area contributed by atoms with Crippen LogP contribution in [0, 0.1) is 12.8 Å². The molecule has 2 fully saturated rings. The number of halogens is 3. The predicted octanol–water partition coefficient (Wildman–Crippen LogP) is 1.87. The molecule has 9 nitrogen and oxygen atoms in total. The molecule has 1 aromatic rings. The fourth-order valence-electron chi connectivity index (χ4n) is 4.14. The van der Waals surface area contributed by atoms with Crippen molar-refractivity contribution >= 4 is 12.0 Å². The van der Waals surface area contributed by atoms with E-state index in [1.807, 2.05) is 6.92 Å². The molecule has 3 rings (SSSR count). The van der Waals surface area contributed by atoms with Crippen LogP contribution in [0.1, 0.15) is 50.4 Å². The Morgan fingerprint density at radius 3 is 2.69 bits per heavy atom. The molecule has 1 saturated carbocycles. The standard InChI is InChI=1S/C20H29F3N6O3/c1-11(8-20(21,22)23)26-19(31)32-15-4-3-13(5-15)16-7-17(29-28-16)27-18(30)6-14-10-24-12(2)9-25-14/h9-11,13,15-17,28-29H,3-8H2,1-2H3,(H,26,31)(H,27,30)/t11?,13-,15+,16?,17?/m0/s1. The summed E-state index contributed by atoms with van der Waals surface area (Å²) in [5.74, 6) is 0.0538. The van der Waals surface area contributed by atoms with Gasteiger partial charge in [-0.2, -0.15) is 13.2 Å². The lowest BCUT2D eigenvalue weighted by atomic mass is 9.96. The number of alkyl halides is 3. The second-order valence-corrected chi connectivity index (χ2v) is 8.54. The number of hydrogen-bond donors (Lipinski definition) is 4. The molecule has 1 aliphatic carbocycles. The largest absolute Gasteiger partial charge is 0.446 e. The maximum atomic E-state index is 12.4. The highest BCUT2D eigenvalue weighted by Gasteiger charge is 2.37. The van der Waals surface area contributed by atoms with Crippen LogP contribution in [0.2, 0.25) is 0 Å². The van der Waals surface area contributed by atoms with Gasteiger partial charge in [-0.05, 0) is 45.4 Å². The van der Waals surface area contributed by atoms with Gasteiger partial charge in [-0.15, -0.1) is 0 Å². The van der Waals surface area contributed by atoms with E-state index in [4.69, 9.17) is 4.74 Å². The lowest BCUT2D eigenvalue weighted by Gasteiger charge is -2.20. The van der Waals surface area contributed by atoms with Gasteiger partial charge in [-0.1, -0.05) is 0 Å². The first-order chi connectivity index (χ1) is 15.1. The van der Waals surface area contributed by atoms with E-state index in [1.165, 1.54) is 6.92 Å². The highest BCUT2D eigenvalue weighted by atomic mass is 19.4. The topological polar surface area (TPSA) is 117 Å². The highest BCUT2D eigenvalue weighted by Crippen LogP contribution is 2.33. The van der Waals surface area contributed by atoms with Crippen molar-refractivity contribution < 1.29 is 27.5 Å². The van der Waals surface area contributed by atoms with Crippen molar-refractivity contribution in [3.8, 4) is 0 Å². The molecule has 1 saturated heterocycles. The van der Waals surface area contributed by atoms with Crippen LogP contribution >= 0.6 is 0 Å². The monoisotopic (exact) mass is 458 g/mol. The molecule has 1 aromatic heterocycles. The van der Waals surface area contributed by atoms with Crippen LogP contribution in [0.5, 0.6) is 0 Å². The van der Waals surface area contributed by atoms with Gasteiger partial charge in [-0.3, -0.25) is 20.2 Å². The zero-order valence-corrected chi connectivity index (χ0v) is 18.0. The van der Waals surface area contributed by atoms with Gasteiger partial charge >= 0.3 is 12.3 Å². The van der Waals surface area contributed by atoms with Gasteiger partial charge in [-0.25, -0.2) is 10.2 Å². The van der Waals surface area contributed by atoms with Gasteiger partial charge in [0.05, 0.1) is 30.4 Å². The van der Waals surface area contributed by atoms with Crippen LogP contribution in [0.3, 0.4) is 0 Å². The fraction of sp³-hybridized carbons (Fsp3) is 0.700. The quantitative estimate of drug-likeness (QED) is 0.493. The van der Waals surface area contributed by atoms with E-state index in [0.29, 0.717) is 25.0 Å². The number of hydrazine groups is 1. The van der Waals surface area contributed by atoms with E-state index in [9.17, 15) is 22.8 Å². The van der Waals surface area contributed by atoms with Crippen LogP contribution < -0.4 is 21.5 Å². The Kier molecular flexibility index (Phi) is 7.88. The number of ether oxygens (including phenoxy) is 1. The fourth-order valence-corrected chi connectivity index (χ4v) is 4.14. The van der Waals surface area contributed by atoms with E-state index < -0.39 is 24.7 Å². The predicted molar refractivity (Wildman–Crippen MR) is 108 cm³/mol. The molecule has 2 amide bonds. The molecule has 0 radical (unpaired) electrons. The molecular weight excluding hydrogens is 429 g/mol. The molecule has 12 heteroatoms. The first kappa shape index (κ1) is 24.2.